The van der Waals surface area contributed by atoms with Gasteiger partial charge in [0.05, 0.1) is 12.6 Å². The zero-order valence-corrected chi connectivity index (χ0v) is 7.68. The molecule has 2 N–H and O–H groups in total. The summed E-state index contributed by atoms with van der Waals surface area (Å²) < 4.78 is 36.2. The number of halogens is 3. The van der Waals surface area contributed by atoms with E-state index in [0.717, 1.165) is 11.3 Å². The quantitative estimate of drug-likeness (QED) is 0.735. The molecule has 1 rings (SSSR count). The molecule has 0 radical (unpaired) electrons. The van der Waals surface area contributed by atoms with Crippen LogP contribution in [0.5, 0.6) is 0 Å². The first-order valence-electron chi connectivity index (χ1n) is 4.50. The summed E-state index contributed by atoms with van der Waals surface area (Å²) in [6.45, 7) is -0.742. The van der Waals surface area contributed by atoms with Crippen molar-refractivity contribution in [2.75, 3.05) is 13.1 Å². The summed E-state index contributed by atoms with van der Waals surface area (Å²) in [5, 5.41) is 0. The largest absolute Gasteiger partial charge is 0.401 e. The second-order valence-corrected chi connectivity index (χ2v) is 3.50. The molecular formula is C8H13F3N2O. The third-order valence-corrected chi connectivity index (χ3v) is 2.32. The highest BCUT2D eigenvalue weighted by atomic mass is 19.4. The van der Waals surface area contributed by atoms with Gasteiger partial charge in [0.1, 0.15) is 0 Å². The maximum atomic E-state index is 12.1. The number of hydrogen-bond donors (Lipinski definition) is 1. The first-order chi connectivity index (χ1) is 6.40. The molecule has 82 valence electrons. The van der Waals surface area contributed by atoms with Gasteiger partial charge in [-0.3, -0.25) is 9.69 Å². The van der Waals surface area contributed by atoms with Crippen LogP contribution in [0, 0.1) is 0 Å². The number of carbonyl (C=O) groups is 1. The van der Waals surface area contributed by atoms with Crippen molar-refractivity contribution >= 4 is 5.91 Å². The van der Waals surface area contributed by atoms with Crippen LogP contribution in [-0.4, -0.2) is 36.1 Å². The van der Waals surface area contributed by atoms with Crippen LogP contribution in [0.3, 0.4) is 0 Å². The van der Waals surface area contributed by atoms with Crippen molar-refractivity contribution in [1.82, 2.24) is 4.90 Å². The summed E-state index contributed by atoms with van der Waals surface area (Å²) in [6.07, 6.45) is -2.36. The number of alkyl halides is 3. The van der Waals surface area contributed by atoms with E-state index in [4.69, 9.17) is 5.73 Å². The van der Waals surface area contributed by atoms with Crippen LogP contribution in [0.1, 0.15) is 19.3 Å². The zero-order valence-electron chi connectivity index (χ0n) is 7.68. The normalized spacial score (nSPS) is 24.9. The fourth-order valence-electron chi connectivity index (χ4n) is 1.73. The Morgan fingerprint density at radius 3 is 2.57 bits per heavy atom. The van der Waals surface area contributed by atoms with Crippen LogP contribution < -0.4 is 5.73 Å². The molecule has 6 heteroatoms. The first-order valence-corrected chi connectivity index (χ1v) is 4.50. The number of amides is 1. The Balaban J connectivity index is 2.59. The molecule has 1 heterocycles. The molecule has 1 aliphatic heterocycles. The van der Waals surface area contributed by atoms with Gasteiger partial charge in [0.25, 0.3) is 0 Å². The van der Waals surface area contributed by atoms with Crippen molar-refractivity contribution < 1.29 is 18.0 Å². The summed E-state index contributed by atoms with van der Waals surface area (Å²) in [7, 11) is 0. The highest BCUT2D eigenvalue weighted by Crippen LogP contribution is 2.23. The minimum absolute atomic E-state index is 0.299. The Labute approximate surface area is 80.0 Å². The van der Waals surface area contributed by atoms with E-state index in [-0.39, 0.29) is 0 Å². The number of likely N-dealkylation sites (tertiary alicyclic amines) is 1. The Hall–Kier alpha value is -0.780. The Morgan fingerprint density at radius 2 is 2.07 bits per heavy atom. The molecule has 0 aromatic heterocycles. The van der Waals surface area contributed by atoms with Crippen LogP contribution in [0.15, 0.2) is 0 Å². The minimum Gasteiger partial charge on any atom is -0.368 e. The van der Waals surface area contributed by atoms with Crippen molar-refractivity contribution in [2.24, 2.45) is 5.73 Å². The fraction of sp³-hybridized carbons (Fsp3) is 0.875. The van der Waals surface area contributed by atoms with Gasteiger partial charge in [-0.15, -0.1) is 0 Å². The summed E-state index contributed by atoms with van der Waals surface area (Å²) in [5.41, 5.74) is 5.03. The van der Waals surface area contributed by atoms with Gasteiger partial charge in [-0.2, -0.15) is 13.2 Å². The number of piperidine rings is 1. The van der Waals surface area contributed by atoms with E-state index in [0.29, 0.717) is 19.4 Å². The Kier molecular flexibility index (Phi) is 3.36. The second kappa shape index (κ2) is 4.16. The van der Waals surface area contributed by atoms with Gasteiger partial charge in [-0.05, 0) is 19.4 Å². The van der Waals surface area contributed by atoms with Gasteiger partial charge in [-0.25, -0.2) is 0 Å². The lowest BCUT2D eigenvalue weighted by molar-refractivity contribution is -0.157. The predicted octanol–water partition coefficient (Wildman–Crippen LogP) is 0.888. The monoisotopic (exact) mass is 210 g/mol. The first kappa shape index (κ1) is 11.3. The van der Waals surface area contributed by atoms with Crippen LogP contribution in [0.2, 0.25) is 0 Å². The maximum absolute atomic E-state index is 12.1. The molecule has 3 nitrogen and oxygen atoms in total. The van der Waals surface area contributed by atoms with E-state index in [1.807, 2.05) is 0 Å². The minimum atomic E-state index is -4.26. The molecular weight excluding hydrogens is 197 g/mol. The second-order valence-electron chi connectivity index (χ2n) is 3.50. The number of nitrogens with two attached hydrogens (primary N) is 1. The van der Waals surface area contributed by atoms with E-state index in [1.165, 1.54) is 0 Å². The lowest BCUT2D eigenvalue weighted by Gasteiger charge is -2.33. The van der Waals surface area contributed by atoms with Gasteiger partial charge in [0, 0.05) is 0 Å². The smallest absolute Gasteiger partial charge is 0.368 e. The molecule has 0 bridgehead atoms. The van der Waals surface area contributed by atoms with E-state index in [9.17, 15) is 18.0 Å². The molecule has 1 amide bonds. The molecule has 0 unspecified atom stereocenters. The van der Waals surface area contributed by atoms with Crippen LogP contribution in [0.4, 0.5) is 13.2 Å². The van der Waals surface area contributed by atoms with Crippen molar-refractivity contribution in [3.63, 3.8) is 0 Å². The molecule has 0 saturated carbocycles. The van der Waals surface area contributed by atoms with Gasteiger partial charge >= 0.3 is 6.18 Å². The van der Waals surface area contributed by atoms with Crippen LogP contribution in [-0.2, 0) is 4.79 Å². The molecule has 0 spiro atoms. The lowest BCUT2D eigenvalue weighted by Crippen LogP contribution is -2.50. The molecule has 0 aliphatic carbocycles. The Morgan fingerprint density at radius 1 is 1.43 bits per heavy atom. The van der Waals surface area contributed by atoms with Crippen LogP contribution >= 0.6 is 0 Å². The molecule has 0 aromatic carbocycles. The highest BCUT2D eigenvalue weighted by molar-refractivity contribution is 5.79. The third kappa shape index (κ3) is 3.17. The number of rotatable bonds is 2. The average molecular weight is 210 g/mol. The van der Waals surface area contributed by atoms with E-state index >= 15 is 0 Å². The predicted molar refractivity (Wildman–Crippen MR) is 44.5 cm³/mol. The average Bonchev–Trinajstić information content (AvgIpc) is 2.01. The van der Waals surface area contributed by atoms with Crippen molar-refractivity contribution in [2.45, 2.75) is 31.5 Å². The maximum Gasteiger partial charge on any atom is 0.401 e. The molecule has 1 aliphatic rings. The van der Waals surface area contributed by atoms with E-state index in [1.54, 1.807) is 0 Å². The van der Waals surface area contributed by atoms with Gasteiger partial charge in [-0.1, -0.05) is 6.42 Å². The van der Waals surface area contributed by atoms with Gasteiger partial charge in [0.15, 0.2) is 0 Å². The molecule has 1 saturated heterocycles. The number of carbonyl (C=O) groups excluding carboxylic acids is 1. The van der Waals surface area contributed by atoms with Gasteiger partial charge in [0.2, 0.25) is 5.91 Å². The molecule has 1 atom stereocenters. The fourth-order valence-corrected chi connectivity index (χ4v) is 1.73. The lowest BCUT2D eigenvalue weighted by atomic mass is 10.0. The molecule has 0 aromatic rings. The third-order valence-electron chi connectivity index (χ3n) is 2.32. The zero-order chi connectivity index (χ0) is 10.8. The van der Waals surface area contributed by atoms with Crippen molar-refractivity contribution in [1.29, 1.82) is 0 Å². The molecule has 1 fully saturated rings. The summed E-state index contributed by atoms with van der Waals surface area (Å²) >= 11 is 0. The number of hydrogen-bond acceptors (Lipinski definition) is 2. The van der Waals surface area contributed by atoms with Crippen molar-refractivity contribution in [3.05, 3.63) is 0 Å². The summed E-state index contributed by atoms with van der Waals surface area (Å²) in [5.74, 6) is -0.658. The number of nitrogens with zero attached hydrogens (tertiary/aromatic N) is 1. The highest BCUT2D eigenvalue weighted by Gasteiger charge is 2.36. The standard InChI is InChI=1S/C8H13F3N2O/c9-8(10,11)5-13-4-2-1-3-6(13)7(12)14/h6H,1-5H2,(H2,12,14)/t6-/m1/s1. The van der Waals surface area contributed by atoms with Crippen molar-refractivity contribution in [3.8, 4) is 0 Å². The molecule has 14 heavy (non-hydrogen) atoms. The Bertz CT molecular complexity index is 217. The van der Waals surface area contributed by atoms with E-state index < -0.39 is 24.7 Å². The number of primary amides is 1. The van der Waals surface area contributed by atoms with Crippen LogP contribution in [0.25, 0.3) is 0 Å². The summed E-state index contributed by atoms with van der Waals surface area (Å²) in [6, 6.07) is -0.745. The summed E-state index contributed by atoms with van der Waals surface area (Å²) in [4.78, 5) is 12.0. The SMILES string of the molecule is NC(=O)[C@H]1CCCCN1CC(F)(F)F. The van der Waals surface area contributed by atoms with Gasteiger partial charge < -0.3 is 5.73 Å². The van der Waals surface area contributed by atoms with E-state index in [2.05, 4.69) is 0 Å². The topological polar surface area (TPSA) is 46.3 Å².